The van der Waals surface area contributed by atoms with Gasteiger partial charge in [-0.2, -0.15) is 0 Å². The highest BCUT2D eigenvalue weighted by Gasteiger charge is 2.27. The van der Waals surface area contributed by atoms with Crippen molar-refractivity contribution < 1.29 is 19.1 Å². The average molecular weight is 417 g/mol. The standard InChI is InChI=1S/C22H32N4O4/c1-16(21(27)24-22(28)23-18-4-2-3-5-18)26-10-8-25(9-11-26)15-17-6-7-19-20(14-17)30-13-12-29-19/h6-7,14,16,18H,2-5,8-13,15H2,1H3,(H2,23,24,27,28)/t16-/m0/s1. The number of nitrogens with one attached hydrogen (secondary N) is 2. The van der Waals surface area contributed by atoms with Gasteiger partial charge in [0.05, 0.1) is 6.04 Å². The van der Waals surface area contributed by atoms with E-state index in [1.165, 1.54) is 5.56 Å². The second kappa shape index (κ2) is 9.66. The maximum absolute atomic E-state index is 12.5. The van der Waals surface area contributed by atoms with Crippen molar-refractivity contribution in [1.29, 1.82) is 0 Å². The molecule has 0 unspecified atom stereocenters. The molecule has 8 heteroatoms. The van der Waals surface area contributed by atoms with Crippen molar-refractivity contribution >= 4 is 11.9 Å². The summed E-state index contributed by atoms with van der Waals surface area (Å²) in [5.74, 6) is 1.40. The van der Waals surface area contributed by atoms with Gasteiger partial charge in [-0.3, -0.25) is 19.9 Å². The molecule has 0 spiro atoms. The normalized spacial score (nSPS) is 21.2. The Kier molecular flexibility index (Phi) is 6.74. The Labute approximate surface area is 177 Å². The van der Waals surface area contributed by atoms with Gasteiger partial charge in [-0.05, 0) is 37.5 Å². The molecule has 1 atom stereocenters. The van der Waals surface area contributed by atoms with Gasteiger partial charge in [-0.15, -0.1) is 0 Å². The van der Waals surface area contributed by atoms with Gasteiger partial charge >= 0.3 is 6.03 Å². The summed E-state index contributed by atoms with van der Waals surface area (Å²) in [5, 5.41) is 5.42. The van der Waals surface area contributed by atoms with E-state index in [0.29, 0.717) is 13.2 Å². The van der Waals surface area contributed by atoms with E-state index >= 15 is 0 Å². The van der Waals surface area contributed by atoms with Crippen LogP contribution in [-0.4, -0.2) is 73.2 Å². The summed E-state index contributed by atoms with van der Waals surface area (Å²) in [6.45, 7) is 7.24. The van der Waals surface area contributed by atoms with Gasteiger partial charge in [0.1, 0.15) is 13.2 Å². The van der Waals surface area contributed by atoms with Gasteiger partial charge in [0.25, 0.3) is 0 Å². The molecule has 1 aromatic carbocycles. The molecule has 8 nitrogen and oxygen atoms in total. The lowest BCUT2D eigenvalue weighted by Crippen LogP contribution is -2.55. The Hall–Kier alpha value is -2.32. The van der Waals surface area contributed by atoms with E-state index in [1.54, 1.807) is 0 Å². The Balaban J connectivity index is 1.21. The molecule has 1 aromatic rings. The van der Waals surface area contributed by atoms with Crippen LogP contribution in [0.25, 0.3) is 0 Å². The quantitative estimate of drug-likeness (QED) is 0.761. The lowest BCUT2D eigenvalue weighted by Gasteiger charge is -2.37. The summed E-state index contributed by atoms with van der Waals surface area (Å²) in [4.78, 5) is 29.1. The fourth-order valence-electron chi connectivity index (χ4n) is 4.43. The minimum atomic E-state index is -0.365. The van der Waals surface area contributed by atoms with E-state index in [2.05, 4.69) is 32.6 Å². The molecule has 0 radical (unpaired) electrons. The molecular formula is C22H32N4O4. The van der Waals surface area contributed by atoms with Crippen LogP contribution in [-0.2, 0) is 11.3 Å². The van der Waals surface area contributed by atoms with Crippen LogP contribution in [0.2, 0.25) is 0 Å². The number of ether oxygens (including phenoxy) is 2. The maximum Gasteiger partial charge on any atom is 0.321 e. The van der Waals surface area contributed by atoms with Crippen molar-refractivity contribution in [2.45, 2.75) is 51.2 Å². The summed E-state index contributed by atoms with van der Waals surface area (Å²) in [5.41, 5.74) is 1.20. The van der Waals surface area contributed by atoms with E-state index in [0.717, 1.165) is 69.9 Å². The second-order valence-electron chi connectivity index (χ2n) is 8.41. The number of nitrogens with zero attached hydrogens (tertiary/aromatic N) is 2. The average Bonchev–Trinajstić information content (AvgIpc) is 3.26. The van der Waals surface area contributed by atoms with Crippen molar-refractivity contribution in [2.24, 2.45) is 0 Å². The number of hydrogen-bond donors (Lipinski definition) is 2. The maximum atomic E-state index is 12.5. The number of piperazine rings is 1. The first-order valence-electron chi connectivity index (χ1n) is 11.0. The van der Waals surface area contributed by atoms with Crippen molar-refractivity contribution in [1.82, 2.24) is 20.4 Å². The zero-order valence-corrected chi connectivity index (χ0v) is 17.7. The molecule has 2 fully saturated rings. The molecule has 4 rings (SSSR count). The van der Waals surface area contributed by atoms with Gasteiger partial charge in [0.15, 0.2) is 11.5 Å². The second-order valence-corrected chi connectivity index (χ2v) is 8.41. The van der Waals surface area contributed by atoms with Crippen LogP contribution < -0.4 is 20.1 Å². The molecule has 1 saturated carbocycles. The summed E-state index contributed by atoms with van der Waals surface area (Å²) >= 11 is 0. The molecular weight excluding hydrogens is 384 g/mol. The Morgan fingerprint density at radius 2 is 1.77 bits per heavy atom. The lowest BCUT2D eigenvalue weighted by atomic mass is 10.1. The summed E-state index contributed by atoms with van der Waals surface area (Å²) in [7, 11) is 0. The third-order valence-corrected chi connectivity index (χ3v) is 6.27. The van der Waals surface area contributed by atoms with Crippen LogP contribution in [0.5, 0.6) is 11.5 Å². The van der Waals surface area contributed by atoms with Crippen LogP contribution >= 0.6 is 0 Å². The van der Waals surface area contributed by atoms with Crippen LogP contribution in [0.1, 0.15) is 38.2 Å². The SMILES string of the molecule is C[C@@H](C(=O)NC(=O)NC1CCCC1)N1CCN(Cc2ccc3c(c2)OCCO3)CC1. The third-order valence-electron chi connectivity index (χ3n) is 6.27. The fourth-order valence-corrected chi connectivity index (χ4v) is 4.43. The Morgan fingerprint density at radius 1 is 1.07 bits per heavy atom. The van der Waals surface area contributed by atoms with E-state index < -0.39 is 0 Å². The molecule has 0 bridgehead atoms. The predicted molar refractivity (Wildman–Crippen MR) is 113 cm³/mol. The first-order chi connectivity index (χ1) is 14.6. The smallest absolute Gasteiger partial charge is 0.321 e. The number of imide groups is 1. The van der Waals surface area contributed by atoms with Gasteiger partial charge in [-0.1, -0.05) is 18.9 Å². The largest absolute Gasteiger partial charge is 0.486 e. The summed E-state index contributed by atoms with van der Waals surface area (Å²) < 4.78 is 11.3. The zero-order chi connectivity index (χ0) is 20.9. The molecule has 2 N–H and O–H groups in total. The van der Waals surface area contributed by atoms with E-state index in [1.807, 2.05) is 13.0 Å². The number of carbonyl (C=O) groups is 2. The highest BCUT2D eigenvalue weighted by atomic mass is 16.6. The van der Waals surface area contributed by atoms with E-state index in [-0.39, 0.29) is 24.0 Å². The Bertz CT molecular complexity index is 758. The van der Waals surface area contributed by atoms with Crippen molar-refractivity contribution in [2.75, 3.05) is 39.4 Å². The number of amides is 3. The molecule has 3 aliphatic rings. The molecule has 1 aliphatic carbocycles. The first kappa shape index (κ1) is 20.9. The number of carbonyl (C=O) groups excluding carboxylic acids is 2. The highest BCUT2D eigenvalue weighted by Crippen LogP contribution is 2.31. The van der Waals surface area contributed by atoms with E-state index in [4.69, 9.17) is 9.47 Å². The minimum absolute atomic E-state index is 0.206. The molecule has 30 heavy (non-hydrogen) atoms. The zero-order valence-electron chi connectivity index (χ0n) is 17.7. The van der Waals surface area contributed by atoms with Gasteiger partial charge in [0.2, 0.25) is 5.91 Å². The topological polar surface area (TPSA) is 83.1 Å². The molecule has 2 aliphatic heterocycles. The predicted octanol–water partition coefficient (Wildman–Crippen LogP) is 1.73. The molecule has 0 aromatic heterocycles. The number of urea groups is 1. The lowest BCUT2D eigenvalue weighted by molar-refractivity contribution is -0.125. The van der Waals surface area contributed by atoms with Crippen molar-refractivity contribution in [3.63, 3.8) is 0 Å². The van der Waals surface area contributed by atoms with Crippen molar-refractivity contribution in [3.05, 3.63) is 23.8 Å². The number of rotatable bonds is 5. The van der Waals surface area contributed by atoms with Crippen LogP contribution in [0.3, 0.4) is 0 Å². The van der Waals surface area contributed by atoms with Crippen molar-refractivity contribution in [3.8, 4) is 11.5 Å². The molecule has 1 saturated heterocycles. The van der Waals surface area contributed by atoms with Gasteiger partial charge < -0.3 is 14.8 Å². The van der Waals surface area contributed by atoms with Gasteiger partial charge in [0, 0.05) is 38.8 Å². The monoisotopic (exact) mass is 416 g/mol. The molecule has 2 heterocycles. The van der Waals surface area contributed by atoms with Crippen LogP contribution in [0.15, 0.2) is 18.2 Å². The van der Waals surface area contributed by atoms with E-state index in [9.17, 15) is 9.59 Å². The fraction of sp³-hybridized carbons (Fsp3) is 0.636. The first-order valence-corrected chi connectivity index (χ1v) is 11.0. The van der Waals surface area contributed by atoms with Crippen LogP contribution in [0, 0.1) is 0 Å². The highest BCUT2D eigenvalue weighted by molar-refractivity contribution is 5.96. The molecule has 164 valence electrons. The van der Waals surface area contributed by atoms with Crippen LogP contribution in [0.4, 0.5) is 4.79 Å². The Morgan fingerprint density at radius 3 is 2.50 bits per heavy atom. The van der Waals surface area contributed by atoms with Gasteiger partial charge in [-0.25, -0.2) is 4.79 Å². The molecule has 3 amide bonds. The third kappa shape index (κ3) is 5.23. The summed E-state index contributed by atoms with van der Waals surface area (Å²) in [6, 6.07) is 5.63. The number of benzene rings is 1. The summed E-state index contributed by atoms with van der Waals surface area (Å²) in [6.07, 6.45) is 4.29. The number of hydrogen-bond acceptors (Lipinski definition) is 6. The minimum Gasteiger partial charge on any atom is -0.486 e. The number of fused-ring (bicyclic) bond motifs is 1.